The Morgan fingerprint density at radius 3 is 2.63 bits per heavy atom. The standard InChI is InChI=1S/C13H23N3O3/c1-6-18-13(17)11(9(2)3)12-14-10(15-19-12)7-8-16(4)5/h9,11H,6-8H2,1-5H3. The van der Waals surface area contributed by atoms with Gasteiger partial charge in [-0.2, -0.15) is 4.98 Å². The van der Waals surface area contributed by atoms with Crippen molar-refractivity contribution in [2.45, 2.75) is 33.1 Å². The van der Waals surface area contributed by atoms with E-state index in [0.29, 0.717) is 24.7 Å². The highest BCUT2D eigenvalue weighted by molar-refractivity contribution is 5.77. The number of rotatable bonds is 7. The largest absolute Gasteiger partial charge is 0.465 e. The number of aromatic nitrogens is 2. The number of carbonyl (C=O) groups is 1. The molecular weight excluding hydrogens is 246 g/mol. The molecule has 0 aliphatic carbocycles. The minimum absolute atomic E-state index is 0.0567. The molecule has 1 aromatic rings. The Morgan fingerprint density at radius 2 is 2.11 bits per heavy atom. The molecule has 1 heterocycles. The van der Waals surface area contributed by atoms with E-state index in [4.69, 9.17) is 9.26 Å². The number of carbonyl (C=O) groups excluding carboxylic acids is 1. The minimum atomic E-state index is -0.486. The second-order valence-corrected chi connectivity index (χ2v) is 5.08. The van der Waals surface area contributed by atoms with Gasteiger partial charge in [0.2, 0.25) is 5.89 Å². The molecule has 6 heteroatoms. The van der Waals surface area contributed by atoms with Gasteiger partial charge < -0.3 is 14.2 Å². The summed E-state index contributed by atoms with van der Waals surface area (Å²) in [5.41, 5.74) is 0. The Kier molecular flexibility index (Phi) is 5.95. The first-order valence-electron chi connectivity index (χ1n) is 6.59. The molecule has 6 nitrogen and oxygen atoms in total. The summed E-state index contributed by atoms with van der Waals surface area (Å²) < 4.78 is 10.3. The van der Waals surface area contributed by atoms with Crippen LogP contribution in [0.25, 0.3) is 0 Å². The topological polar surface area (TPSA) is 68.5 Å². The molecule has 1 atom stereocenters. The smallest absolute Gasteiger partial charge is 0.318 e. The number of hydrogen-bond donors (Lipinski definition) is 0. The van der Waals surface area contributed by atoms with Crippen molar-refractivity contribution in [2.24, 2.45) is 5.92 Å². The van der Waals surface area contributed by atoms with Crippen LogP contribution in [0.2, 0.25) is 0 Å². The zero-order chi connectivity index (χ0) is 14.4. The van der Waals surface area contributed by atoms with Gasteiger partial charge >= 0.3 is 5.97 Å². The fourth-order valence-corrected chi connectivity index (χ4v) is 1.71. The molecule has 0 bridgehead atoms. The van der Waals surface area contributed by atoms with Crippen LogP contribution in [0, 0.1) is 5.92 Å². The zero-order valence-electron chi connectivity index (χ0n) is 12.3. The molecule has 0 N–H and O–H groups in total. The molecule has 0 saturated carbocycles. The van der Waals surface area contributed by atoms with Gasteiger partial charge in [-0.1, -0.05) is 19.0 Å². The van der Waals surface area contributed by atoms with Crippen LogP contribution in [-0.4, -0.2) is 48.3 Å². The van der Waals surface area contributed by atoms with Crippen LogP contribution in [-0.2, 0) is 16.0 Å². The lowest BCUT2D eigenvalue weighted by Crippen LogP contribution is -2.21. The van der Waals surface area contributed by atoms with Crippen LogP contribution in [0.1, 0.15) is 38.4 Å². The van der Waals surface area contributed by atoms with Crippen LogP contribution >= 0.6 is 0 Å². The van der Waals surface area contributed by atoms with Crippen molar-refractivity contribution in [1.29, 1.82) is 0 Å². The molecule has 0 saturated heterocycles. The molecule has 0 aliphatic rings. The van der Waals surface area contributed by atoms with E-state index in [0.717, 1.165) is 6.54 Å². The highest BCUT2D eigenvalue weighted by Crippen LogP contribution is 2.24. The van der Waals surface area contributed by atoms with Crippen LogP contribution in [0.4, 0.5) is 0 Å². The number of esters is 1. The monoisotopic (exact) mass is 269 g/mol. The minimum Gasteiger partial charge on any atom is -0.465 e. The van der Waals surface area contributed by atoms with Crippen LogP contribution < -0.4 is 0 Å². The van der Waals surface area contributed by atoms with Crippen molar-refractivity contribution >= 4 is 5.97 Å². The first-order chi connectivity index (χ1) is 8.95. The van der Waals surface area contributed by atoms with Crippen molar-refractivity contribution in [2.75, 3.05) is 27.2 Å². The lowest BCUT2D eigenvalue weighted by molar-refractivity contribution is -0.146. The third kappa shape index (κ3) is 4.63. The zero-order valence-corrected chi connectivity index (χ0v) is 12.3. The lowest BCUT2D eigenvalue weighted by Gasteiger charge is -2.14. The Bertz CT molecular complexity index is 402. The van der Waals surface area contributed by atoms with Gasteiger partial charge in [-0.25, -0.2) is 0 Å². The second kappa shape index (κ2) is 7.23. The van der Waals surface area contributed by atoms with Gasteiger partial charge in [-0.3, -0.25) is 4.79 Å². The fourth-order valence-electron chi connectivity index (χ4n) is 1.71. The molecule has 19 heavy (non-hydrogen) atoms. The third-order valence-corrected chi connectivity index (χ3v) is 2.74. The number of ether oxygens (including phenoxy) is 1. The predicted molar refractivity (Wildman–Crippen MR) is 70.8 cm³/mol. The van der Waals surface area contributed by atoms with E-state index in [1.807, 2.05) is 32.8 Å². The second-order valence-electron chi connectivity index (χ2n) is 5.08. The summed E-state index contributed by atoms with van der Waals surface area (Å²) in [7, 11) is 3.97. The van der Waals surface area contributed by atoms with Gasteiger partial charge in [0, 0.05) is 13.0 Å². The highest BCUT2D eigenvalue weighted by Gasteiger charge is 2.31. The Hall–Kier alpha value is -1.43. The maximum absolute atomic E-state index is 11.9. The summed E-state index contributed by atoms with van der Waals surface area (Å²) in [4.78, 5) is 18.2. The maximum atomic E-state index is 11.9. The summed E-state index contributed by atoms with van der Waals surface area (Å²) in [6.45, 7) is 6.84. The quantitative estimate of drug-likeness (QED) is 0.698. The first kappa shape index (κ1) is 15.6. The normalized spacial score (nSPS) is 13.0. The molecule has 1 unspecified atom stereocenters. The third-order valence-electron chi connectivity index (χ3n) is 2.74. The average molecular weight is 269 g/mol. The SMILES string of the molecule is CCOC(=O)C(c1nc(CCN(C)C)no1)C(C)C. The molecule has 0 fully saturated rings. The molecule has 108 valence electrons. The molecule has 0 aliphatic heterocycles. The molecular formula is C13H23N3O3. The van der Waals surface area contributed by atoms with Gasteiger partial charge in [-0.05, 0) is 26.9 Å². The van der Waals surface area contributed by atoms with Gasteiger partial charge in [0.25, 0.3) is 0 Å². The molecule has 0 aromatic carbocycles. The van der Waals surface area contributed by atoms with E-state index in [2.05, 4.69) is 10.1 Å². The Balaban J connectivity index is 2.77. The number of nitrogens with zero attached hydrogens (tertiary/aromatic N) is 3. The highest BCUT2D eigenvalue weighted by atomic mass is 16.5. The predicted octanol–water partition coefficient (Wildman–Crippen LogP) is 1.48. The van der Waals surface area contributed by atoms with Crippen molar-refractivity contribution < 1.29 is 14.1 Å². The Morgan fingerprint density at radius 1 is 1.42 bits per heavy atom. The van der Waals surface area contributed by atoms with Crippen LogP contribution in [0.3, 0.4) is 0 Å². The maximum Gasteiger partial charge on any atom is 0.318 e. The Labute approximate surface area is 114 Å². The van der Waals surface area contributed by atoms with Crippen molar-refractivity contribution in [3.8, 4) is 0 Å². The van der Waals surface area contributed by atoms with Gasteiger partial charge in [0.05, 0.1) is 6.61 Å². The number of hydrogen-bond acceptors (Lipinski definition) is 6. The van der Waals surface area contributed by atoms with Crippen LogP contribution in [0.5, 0.6) is 0 Å². The van der Waals surface area contributed by atoms with Crippen molar-refractivity contribution in [3.63, 3.8) is 0 Å². The molecule has 0 spiro atoms. The summed E-state index contributed by atoms with van der Waals surface area (Å²) in [6, 6.07) is 0. The van der Waals surface area contributed by atoms with Crippen LogP contribution in [0.15, 0.2) is 4.52 Å². The summed E-state index contributed by atoms with van der Waals surface area (Å²) in [6.07, 6.45) is 0.699. The van der Waals surface area contributed by atoms with E-state index < -0.39 is 5.92 Å². The van der Waals surface area contributed by atoms with E-state index in [9.17, 15) is 4.79 Å². The molecule has 1 aromatic heterocycles. The summed E-state index contributed by atoms with van der Waals surface area (Å²) >= 11 is 0. The van der Waals surface area contributed by atoms with E-state index >= 15 is 0 Å². The number of likely N-dealkylation sites (N-methyl/N-ethyl adjacent to an activating group) is 1. The first-order valence-corrected chi connectivity index (χ1v) is 6.59. The van der Waals surface area contributed by atoms with E-state index in [-0.39, 0.29) is 11.9 Å². The van der Waals surface area contributed by atoms with Gasteiger partial charge in [-0.15, -0.1) is 0 Å². The molecule has 0 amide bonds. The summed E-state index contributed by atoms with van der Waals surface area (Å²) in [5.74, 6) is 0.239. The van der Waals surface area contributed by atoms with E-state index in [1.54, 1.807) is 6.92 Å². The van der Waals surface area contributed by atoms with Crippen molar-refractivity contribution in [3.05, 3.63) is 11.7 Å². The van der Waals surface area contributed by atoms with Gasteiger partial charge in [0.15, 0.2) is 5.82 Å². The lowest BCUT2D eigenvalue weighted by atomic mass is 9.96. The summed E-state index contributed by atoms with van der Waals surface area (Å²) in [5, 5.41) is 3.91. The molecule has 0 radical (unpaired) electrons. The molecule has 1 rings (SSSR count). The van der Waals surface area contributed by atoms with Gasteiger partial charge in [0.1, 0.15) is 5.92 Å². The van der Waals surface area contributed by atoms with E-state index in [1.165, 1.54) is 0 Å². The van der Waals surface area contributed by atoms with Crippen molar-refractivity contribution in [1.82, 2.24) is 15.0 Å². The fraction of sp³-hybridized carbons (Fsp3) is 0.769. The average Bonchev–Trinajstić information content (AvgIpc) is 2.75.